The van der Waals surface area contributed by atoms with Gasteiger partial charge in [0.15, 0.2) is 0 Å². The molecule has 0 aromatic heterocycles. The Morgan fingerprint density at radius 3 is 2.26 bits per heavy atom. The maximum Gasteiger partial charge on any atom is 0.236 e. The summed E-state index contributed by atoms with van der Waals surface area (Å²) in [5.41, 5.74) is 6.08. The first-order valence-electron chi connectivity index (χ1n) is 13.4. The van der Waals surface area contributed by atoms with Gasteiger partial charge in [-0.15, -0.1) is 11.8 Å². The first-order chi connectivity index (χ1) is 18.1. The molecule has 38 heavy (non-hydrogen) atoms. The number of hydrogen-bond acceptors (Lipinski definition) is 5. The molecule has 208 valence electrons. The highest BCUT2D eigenvalue weighted by Crippen LogP contribution is 2.64. The van der Waals surface area contributed by atoms with Crippen molar-refractivity contribution in [3.8, 4) is 0 Å². The summed E-state index contributed by atoms with van der Waals surface area (Å²) >= 11 is 2.85. The quantitative estimate of drug-likeness (QED) is 0.146. The Labute approximate surface area is 232 Å². The molecule has 4 nitrogen and oxygen atoms in total. The Hall–Kier alpha value is -1.84. The van der Waals surface area contributed by atoms with Crippen LogP contribution in [0.25, 0.3) is 0 Å². The highest BCUT2D eigenvalue weighted by molar-refractivity contribution is 7.99. The van der Waals surface area contributed by atoms with E-state index in [0.29, 0.717) is 23.4 Å². The Bertz CT molecular complexity index is 1070. The number of likely N-dealkylation sites (tertiary alicyclic amines) is 1. The Morgan fingerprint density at radius 2 is 1.71 bits per heavy atom. The van der Waals surface area contributed by atoms with Crippen LogP contribution in [0.4, 0.5) is 18.9 Å². The zero-order chi connectivity index (χ0) is 27.3. The minimum Gasteiger partial charge on any atom is -0.394 e. The predicted molar refractivity (Wildman–Crippen MR) is 151 cm³/mol. The molecule has 2 aliphatic carbocycles. The molecule has 3 fully saturated rings. The van der Waals surface area contributed by atoms with Crippen molar-refractivity contribution in [2.24, 2.45) is 10.8 Å². The number of thioether (sulfide) groups is 1. The van der Waals surface area contributed by atoms with Crippen molar-refractivity contribution in [1.82, 2.24) is 9.62 Å². The molecule has 0 radical (unpaired) electrons. The van der Waals surface area contributed by atoms with E-state index in [9.17, 15) is 18.0 Å². The highest BCUT2D eigenvalue weighted by atomic mass is 32.2. The number of carbonyl (C=O) groups is 1. The summed E-state index contributed by atoms with van der Waals surface area (Å²) in [5, 5.41) is 0. The highest BCUT2D eigenvalue weighted by Gasteiger charge is 2.57. The van der Waals surface area contributed by atoms with Crippen molar-refractivity contribution >= 4 is 35.3 Å². The first-order valence-corrected chi connectivity index (χ1v) is 15.2. The number of unbranched alkanes of at least 4 members (excludes halogenated alkanes) is 1. The van der Waals surface area contributed by atoms with E-state index in [1.54, 1.807) is 0 Å². The number of carbonyl (C=O) groups excluding carboxylic acids is 1. The van der Waals surface area contributed by atoms with Crippen molar-refractivity contribution < 1.29 is 18.0 Å². The van der Waals surface area contributed by atoms with E-state index in [1.807, 2.05) is 18.7 Å². The molecule has 3 N–H and O–H groups in total. The zero-order valence-electron chi connectivity index (χ0n) is 22.2. The second-order valence-corrected chi connectivity index (χ2v) is 13.4. The third-order valence-electron chi connectivity index (χ3n) is 7.88. The van der Waals surface area contributed by atoms with Crippen molar-refractivity contribution in [3.05, 3.63) is 53.6 Å². The summed E-state index contributed by atoms with van der Waals surface area (Å²) in [6, 6.07) is 10.9. The predicted octanol–water partition coefficient (Wildman–Crippen LogP) is 7.16. The molecule has 1 spiro atoms. The molecule has 2 saturated carbocycles. The number of rotatable bonds is 9. The lowest BCUT2D eigenvalue weighted by molar-refractivity contribution is -0.150. The third kappa shape index (κ3) is 7.42. The van der Waals surface area contributed by atoms with Crippen molar-refractivity contribution in [1.29, 1.82) is 0 Å². The van der Waals surface area contributed by atoms with Crippen LogP contribution in [0, 0.1) is 29.4 Å². The summed E-state index contributed by atoms with van der Waals surface area (Å²) in [7, 11) is 0. The van der Waals surface area contributed by atoms with Gasteiger partial charge < -0.3 is 5.73 Å². The van der Waals surface area contributed by atoms with Crippen LogP contribution in [0.2, 0.25) is 0 Å². The summed E-state index contributed by atoms with van der Waals surface area (Å²) in [5.74, 6) is -0.525. The van der Waals surface area contributed by atoms with Gasteiger partial charge in [-0.25, -0.2) is 13.2 Å². The number of nitrogens with zero attached hydrogens (tertiary/aromatic N) is 1. The lowest BCUT2D eigenvalue weighted by atomic mass is 9.46. The smallest absolute Gasteiger partial charge is 0.236 e. The second kappa shape index (κ2) is 12.6. The van der Waals surface area contributed by atoms with Crippen LogP contribution in [0.15, 0.2) is 46.2 Å². The monoisotopic (exact) mass is 565 g/mol. The van der Waals surface area contributed by atoms with E-state index in [0.717, 1.165) is 49.2 Å². The number of halogens is 3. The molecular weight excluding hydrogens is 527 g/mol. The van der Waals surface area contributed by atoms with E-state index < -0.39 is 23.5 Å². The van der Waals surface area contributed by atoms with Gasteiger partial charge in [0.1, 0.15) is 23.5 Å². The molecule has 5 rings (SSSR count). The van der Waals surface area contributed by atoms with Gasteiger partial charge in [-0.3, -0.25) is 14.4 Å². The summed E-state index contributed by atoms with van der Waals surface area (Å²) in [6.45, 7) is 6.45. The second-order valence-electron chi connectivity index (χ2n) is 11.3. The molecule has 1 heterocycles. The molecule has 1 aliphatic heterocycles. The molecule has 1 saturated heterocycles. The van der Waals surface area contributed by atoms with Crippen LogP contribution < -0.4 is 10.5 Å². The van der Waals surface area contributed by atoms with Crippen LogP contribution in [-0.2, 0) is 4.79 Å². The topological polar surface area (TPSA) is 58.4 Å². The van der Waals surface area contributed by atoms with Crippen molar-refractivity contribution in [2.75, 3.05) is 31.1 Å². The zero-order valence-corrected chi connectivity index (χ0v) is 23.8. The van der Waals surface area contributed by atoms with Crippen LogP contribution in [-0.4, -0.2) is 42.4 Å². The van der Waals surface area contributed by atoms with Gasteiger partial charge in [-0.1, -0.05) is 31.0 Å². The van der Waals surface area contributed by atoms with Crippen molar-refractivity contribution in [2.45, 2.75) is 74.8 Å². The molecule has 0 unspecified atom stereocenters. The maximum absolute atomic E-state index is 13.3. The minimum atomic E-state index is -0.810. The van der Waals surface area contributed by atoms with Gasteiger partial charge in [0.2, 0.25) is 5.91 Å². The summed E-state index contributed by atoms with van der Waals surface area (Å²) in [4.78, 5) is 16.1. The van der Waals surface area contributed by atoms with Gasteiger partial charge >= 0.3 is 0 Å². The number of nitrogens with one attached hydrogen (secondary N) is 1. The van der Waals surface area contributed by atoms with E-state index in [-0.39, 0.29) is 11.3 Å². The third-order valence-corrected chi connectivity index (χ3v) is 9.74. The number of nitrogen functional groups attached to an aromatic ring is 1. The van der Waals surface area contributed by atoms with Crippen LogP contribution in [0.1, 0.15) is 57.4 Å². The Morgan fingerprint density at radius 1 is 1.08 bits per heavy atom. The fourth-order valence-corrected chi connectivity index (χ4v) is 7.29. The van der Waals surface area contributed by atoms with Gasteiger partial charge in [0.25, 0.3) is 0 Å². The molecule has 0 atom stereocenters. The lowest BCUT2D eigenvalue weighted by Crippen LogP contribution is -2.55. The largest absolute Gasteiger partial charge is 0.394 e. The number of amides is 1. The SMILES string of the molecule is CC1(C(=O)NSc2cc(F)c(N)c(F)c2)CC2(CCC2)C1.Cc1ccc(SCCCCN2CC(F)C2)cc1. The Kier molecular flexibility index (Phi) is 9.63. The summed E-state index contributed by atoms with van der Waals surface area (Å²) in [6.07, 6.45) is 7.37. The number of anilines is 1. The summed E-state index contributed by atoms with van der Waals surface area (Å²) < 4.78 is 41.9. The number of alkyl halides is 1. The molecule has 1 amide bonds. The average molecular weight is 566 g/mol. The average Bonchev–Trinajstić information content (AvgIpc) is 2.82. The van der Waals surface area contributed by atoms with Gasteiger partial charge in [-0.2, -0.15) is 0 Å². The molecule has 2 aromatic rings. The maximum atomic E-state index is 13.3. The fourth-order valence-electron chi connectivity index (χ4n) is 5.59. The molecule has 0 bridgehead atoms. The van der Waals surface area contributed by atoms with E-state index in [4.69, 9.17) is 5.73 Å². The van der Waals surface area contributed by atoms with Crippen molar-refractivity contribution in [3.63, 3.8) is 0 Å². The molecular formula is C29H38F3N3OS2. The van der Waals surface area contributed by atoms with Gasteiger partial charge in [0, 0.05) is 28.3 Å². The number of hydrogen-bond donors (Lipinski definition) is 2. The minimum absolute atomic E-state index is 0.0670. The van der Waals surface area contributed by atoms with E-state index in [2.05, 4.69) is 40.8 Å². The van der Waals surface area contributed by atoms with Crippen LogP contribution >= 0.6 is 23.7 Å². The molecule has 3 aliphatic rings. The van der Waals surface area contributed by atoms with E-state index >= 15 is 0 Å². The standard InChI is InChI=1S/C15H18F2N2OS.C14H20FNS/c1-14(7-15(8-14)3-2-4-15)13(20)19-21-9-5-10(16)12(18)11(17)6-9;1-12-4-6-14(7-5-12)17-9-3-2-8-16-10-13(15)11-16/h5-6H,2-4,7-8,18H2,1H3,(H,19,20);4-7,13H,2-3,8-11H2,1H3. The molecule has 2 aromatic carbocycles. The Balaban J connectivity index is 0.000000181. The first kappa shape index (κ1) is 29.2. The normalized spacial score (nSPS) is 19.5. The lowest BCUT2D eigenvalue weighted by Gasteiger charge is -2.58. The van der Waals surface area contributed by atoms with Crippen LogP contribution in [0.3, 0.4) is 0 Å². The van der Waals surface area contributed by atoms with Gasteiger partial charge in [-0.05, 0) is 99.4 Å². The van der Waals surface area contributed by atoms with Gasteiger partial charge in [0.05, 0.1) is 0 Å². The van der Waals surface area contributed by atoms with E-state index in [1.165, 1.54) is 42.6 Å². The fraction of sp³-hybridized carbons (Fsp3) is 0.552. The number of benzene rings is 2. The number of aryl methyl sites for hydroxylation is 1. The van der Waals surface area contributed by atoms with Crippen LogP contribution in [0.5, 0.6) is 0 Å². The number of nitrogens with two attached hydrogens (primary N) is 1. The molecule has 9 heteroatoms.